The number of hydrogen-bond donors (Lipinski definition) is 2. The van der Waals surface area contributed by atoms with Crippen LogP contribution in [0.5, 0.6) is 0 Å². The SMILES string of the molecule is CCCNCCC(C)NC(=O)OC(C)(C)C. The van der Waals surface area contributed by atoms with Gasteiger partial charge in [-0.2, -0.15) is 0 Å². The molecular weight excluding hydrogens is 204 g/mol. The molecule has 0 rings (SSSR count). The van der Waals surface area contributed by atoms with E-state index in [1.807, 2.05) is 27.7 Å². The maximum atomic E-state index is 11.4. The lowest BCUT2D eigenvalue weighted by Crippen LogP contribution is -2.39. The highest BCUT2D eigenvalue weighted by Gasteiger charge is 2.17. The summed E-state index contributed by atoms with van der Waals surface area (Å²) in [5, 5.41) is 6.11. The van der Waals surface area contributed by atoms with Crippen molar-refractivity contribution in [2.75, 3.05) is 13.1 Å². The van der Waals surface area contributed by atoms with Crippen molar-refractivity contribution in [3.8, 4) is 0 Å². The van der Waals surface area contributed by atoms with E-state index < -0.39 is 5.60 Å². The zero-order valence-corrected chi connectivity index (χ0v) is 11.2. The third-order valence-corrected chi connectivity index (χ3v) is 1.94. The van der Waals surface area contributed by atoms with E-state index >= 15 is 0 Å². The van der Waals surface area contributed by atoms with Gasteiger partial charge in [0.15, 0.2) is 0 Å². The van der Waals surface area contributed by atoms with Crippen molar-refractivity contribution in [1.82, 2.24) is 10.6 Å². The Balaban J connectivity index is 3.62. The molecule has 0 aromatic heterocycles. The number of rotatable bonds is 6. The summed E-state index contributed by atoms with van der Waals surface area (Å²) in [5.74, 6) is 0. The average molecular weight is 230 g/mol. The molecule has 0 spiro atoms. The summed E-state index contributed by atoms with van der Waals surface area (Å²) in [6.07, 6.45) is 1.71. The molecule has 2 N–H and O–H groups in total. The molecular formula is C12H26N2O2. The molecule has 0 fully saturated rings. The predicted octanol–water partition coefficient (Wildman–Crippen LogP) is 2.29. The Morgan fingerprint density at radius 3 is 2.44 bits per heavy atom. The predicted molar refractivity (Wildman–Crippen MR) is 66.6 cm³/mol. The Labute approximate surface area is 99.1 Å². The van der Waals surface area contributed by atoms with Crippen LogP contribution in [0.15, 0.2) is 0 Å². The van der Waals surface area contributed by atoms with Crippen molar-refractivity contribution in [2.24, 2.45) is 0 Å². The van der Waals surface area contributed by atoms with Crippen LogP contribution in [0.1, 0.15) is 47.5 Å². The minimum Gasteiger partial charge on any atom is -0.444 e. The lowest BCUT2D eigenvalue weighted by atomic mass is 10.2. The molecule has 1 unspecified atom stereocenters. The lowest BCUT2D eigenvalue weighted by Gasteiger charge is -2.22. The van der Waals surface area contributed by atoms with Crippen molar-refractivity contribution in [3.63, 3.8) is 0 Å². The van der Waals surface area contributed by atoms with Crippen LogP contribution in [0, 0.1) is 0 Å². The first-order chi connectivity index (χ1) is 7.35. The first kappa shape index (κ1) is 15.2. The highest BCUT2D eigenvalue weighted by Crippen LogP contribution is 2.06. The van der Waals surface area contributed by atoms with Gasteiger partial charge < -0.3 is 15.4 Å². The van der Waals surface area contributed by atoms with Crippen molar-refractivity contribution >= 4 is 6.09 Å². The third kappa shape index (κ3) is 9.77. The van der Waals surface area contributed by atoms with Crippen molar-refractivity contribution in [2.45, 2.75) is 59.1 Å². The fourth-order valence-electron chi connectivity index (χ4n) is 1.20. The van der Waals surface area contributed by atoms with Crippen LogP contribution in [0.2, 0.25) is 0 Å². The summed E-state index contributed by atoms with van der Waals surface area (Å²) >= 11 is 0. The third-order valence-electron chi connectivity index (χ3n) is 1.94. The van der Waals surface area contributed by atoms with Gasteiger partial charge in [0.2, 0.25) is 0 Å². The van der Waals surface area contributed by atoms with Gasteiger partial charge in [0.05, 0.1) is 0 Å². The zero-order valence-electron chi connectivity index (χ0n) is 11.2. The lowest BCUT2D eigenvalue weighted by molar-refractivity contribution is 0.0506. The van der Waals surface area contributed by atoms with E-state index in [2.05, 4.69) is 17.6 Å². The topological polar surface area (TPSA) is 50.4 Å². The van der Waals surface area contributed by atoms with Crippen molar-refractivity contribution < 1.29 is 9.53 Å². The van der Waals surface area contributed by atoms with Gasteiger partial charge in [0, 0.05) is 6.04 Å². The standard InChI is InChI=1S/C12H26N2O2/c1-6-8-13-9-7-10(2)14-11(15)16-12(3,4)5/h10,13H,6-9H2,1-5H3,(H,14,15). The number of nitrogens with one attached hydrogen (secondary N) is 2. The second-order valence-corrected chi connectivity index (χ2v) is 5.09. The molecule has 1 atom stereocenters. The first-order valence-corrected chi connectivity index (χ1v) is 6.05. The fourth-order valence-corrected chi connectivity index (χ4v) is 1.20. The van der Waals surface area contributed by atoms with Gasteiger partial charge in [-0.15, -0.1) is 0 Å². The number of carbonyl (C=O) groups excluding carboxylic acids is 1. The van der Waals surface area contributed by atoms with Crippen molar-refractivity contribution in [3.05, 3.63) is 0 Å². The van der Waals surface area contributed by atoms with E-state index in [1.54, 1.807) is 0 Å². The molecule has 0 saturated heterocycles. The molecule has 4 nitrogen and oxygen atoms in total. The fraction of sp³-hybridized carbons (Fsp3) is 0.917. The Hall–Kier alpha value is -0.770. The van der Waals surface area contributed by atoms with Crippen LogP contribution in [0.25, 0.3) is 0 Å². The molecule has 16 heavy (non-hydrogen) atoms. The Bertz CT molecular complexity index is 200. The Morgan fingerprint density at radius 2 is 1.94 bits per heavy atom. The number of amides is 1. The molecule has 0 radical (unpaired) electrons. The molecule has 0 saturated carbocycles. The molecule has 0 aliphatic carbocycles. The van der Waals surface area contributed by atoms with Gasteiger partial charge in [-0.3, -0.25) is 0 Å². The number of alkyl carbamates (subject to hydrolysis) is 1. The highest BCUT2D eigenvalue weighted by atomic mass is 16.6. The quantitative estimate of drug-likeness (QED) is 0.688. The van der Waals surface area contributed by atoms with E-state index in [9.17, 15) is 4.79 Å². The second-order valence-electron chi connectivity index (χ2n) is 5.09. The summed E-state index contributed by atoms with van der Waals surface area (Å²) in [6.45, 7) is 11.6. The van der Waals surface area contributed by atoms with E-state index in [1.165, 1.54) is 0 Å². The summed E-state index contributed by atoms with van der Waals surface area (Å²) in [5.41, 5.74) is -0.426. The zero-order chi connectivity index (χ0) is 12.6. The van der Waals surface area contributed by atoms with Gasteiger partial charge >= 0.3 is 6.09 Å². The van der Waals surface area contributed by atoms with Gasteiger partial charge in [0.25, 0.3) is 0 Å². The van der Waals surface area contributed by atoms with Crippen LogP contribution in [0.3, 0.4) is 0 Å². The summed E-state index contributed by atoms with van der Waals surface area (Å²) in [7, 11) is 0. The molecule has 0 heterocycles. The Kier molecular flexibility index (Phi) is 7.13. The van der Waals surface area contributed by atoms with E-state index in [-0.39, 0.29) is 12.1 Å². The molecule has 96 valence electrons. The largest absolute Gasteiger partial charge is 0.444 e. The van der Waals surface area contributed by atoms with Crippen LogP contribution in [-0.4, -0.2) is 30.8 Å². The molecule has 0 aliphatic heterocycles. The number of ether oxygens (including phenoxy) is 1. The van der Waals surface area contributed by atoms with Gasteiger partial charge in [-0.05, 0) is 53.6 Å². The molecule has 1 amide bonds. The van der Waals surface area contributed by atoms with E-state index in [4.69, 9.17) is 4.74 Å². The minimum atomic E-state index is -0.426. The molecule has 0 aromatic rings. The molecule has 4 heteroatoms. The van der Waals surface area contributed by atoms with E-state index in [0.717, 1.165) is 25.9 Å². The second kappa shape index (κ2) is 7.49. The maximum Gasteiger partial charge on any atom is 0.407 e. The number of hydrogen-bond acceptors (Lipinski definition) is 3. The molecule has 0 aromatic carbocycles. The smallest absolute Gasteiger partial charge is 0.407 e. The minimum absolute atomic E-state index is 0.138. The van der Waals surface area contributed by atoms with Gasteiger partial charge in [0.1, 0.15) is 5.60 Å². The van der Waals surface area contributed by atoms with Crippen LogP contribution in [0.4, 0.5) is 4.79 Å². The normalized spacial score (nSPS) is 13.3. The molecule has 0 aliphatic rings. The molecule has 0 bridgehead atoms. The van der Waals surface area contributed by atoms with Crippen LogP contribution < -0.4 is 10.6 Å². The monoisotopic (exact) mass is 230 g/mol. The average Bonchev–Trinajstić information content (AvgIpc) is 2.09. The number of carbonyl (C=O) groups is 1. The summed E-state index contributed by atoms with van der Waals surface area (Å²) < 4.78 is 5.17. The maximum absolute atomic E-state index is 11.4. The van der Waals surface area contributed by atoms with Crippen molar-refractivity contribution in [1.29, 1.82) is 0 Å². The van der Waals surface area contributed by atoms with Gasteiger partial charge in [-0.1, -0.05) is 6.92 Å². The highest BCUT2D eigenvalue weighted by molar-refractivity contribution is 5.67. The van der Waals surface area contributed by atoms with E-state index in [0.29, 0.717) is 0 Å². The van der Waals surface area contributed by atoms with Crippen LogP contribution in [-0.2, 0) is 4.74 Å². The summed E-state index contributed by atoms with van der Waals surface area (Å²) in [6, 6.07) is 0.138. The summed E-state index contributed by atoms with van der Waals surface area (Å²) in [4.78, 5) is 11.4. The van der Waals surface area contributed by atoms with Gasteiger partial charge in [-0.25, -0.2) is 4.79 Å². The first-order valence-electron chi connectivity index (χ1n) is 6.05. The van der Waals surface area contributed by atoms with Crippen LogP contribution >= 0.6 is 0 Å². The Morgan fingerprint density at radius 1 is 1.31 bits per heavy atom.